The van der Waals surface area contributed by atoms with Crippen LogP contribution in [0.4, 0.5) is 28.8 Å². The van der Waals surface area contributed by atoms with Gasteiger partial charge in [-0.2, -0.15) is 4.98 Å². The van der Waals surface area contributed by atoms with Crippen LogP contribution in [-0.4, -0.2) is 54.6 Å². The van der Waals surface area contributed by atoms with E-state index in [9.17, 15) is 0 Å². The number of piperazine rings is 1. The highest BCUT2D eigenvalue weighted by Crippen LogP contribution is 2.32. The minimum absolute atomic E-state index is 0.744. The Balaban J connectivity index is 1.30. The Hall–Kier alpha value is -3.12. The average molecular weight is 387 g/mol. The molecular formula is C23H26N6. The molecule has 2 aromatic carbocycles. The molecule has 6 heteroatoms. The number of fused-ring (bicyclic) bond motifs is 1. The average Bonchev–Trinajstić information content (AvgIpc) is 3.19. The second kappa shape index (κ2) is 7.72. The predicted octanol–water partition coefficient (Wildman–Crippen LogP) is 3.67. The van der Waals surface area contributed by atoms with Crippen molar-refractivity contribution in [3.8, 4) is 0 Å². The molecule has 1 fully saturated rings. The number of anilines is 5. The molecule has 0 spiro atoms. The number of aromatic nitrogens is 2. The Morgan fingerprint density at radius 2 is 1.66 bits per heavy atom. The third kappa shape index (κ3) is 3.76. The van der Waals surface area contributed by atoms with E-state index in [1.54, 1.807) is 0 Å². The lowest BCUT2D eigenvalue weighted by Crippen LogP contribution is -2.44. The number of rotatable bonds is 4. The molecule has 5 rings (SSSR count). The first-order chi connectivity index (χ1) is 14.3. The van der Waals surface area contributed by atoms with Crippen LogP contribution in [0.2, 0.25) is 0 Å². The molecule has 2 aliphatic heterocycles. The van der Waals surface area contributed by atoms with Gasteiger partial charge in [-0.15, -0.1) is 0 Å². The zero-order chi connectivity index (χ0) is 19.6. The maximum atomic E-state index is 4.76. The summed E-state index contributed by atoms with van der Waals surface area (Å²) in [5.74, 6) is 1.56. The second-order valence-corrected chi connectivity index (χ2v) is 7.73. The highest BCUT2D eigenvalue weighted by Gasteiger charge is 2.22. The fraction of sp³-hybridized carbons (Fsp3) is 0.304. The van der Waals surface area contributed by atoms with E-state index in [1.165, 1.54) is 16.9 Å². The molecular weight excluding hydrogens is 360 g/mol. The molecule has 0 aliphatic carbocycles. The maximum absolute atomic E-state index is 4.76. The van der Waals surface area contributed by atoms with Gasteiger partial charge in [0.1, 0.15) is 5.82 Å². The van der Waals surface area contributed by atoms with Crippen LogP contribution in [0.15, 0.2) is 60.8 Å². The van der Waals surface area contributed by atoms with Gasteiger partial charge in [-0.05, 0) is 55.4 Å². The van der Waals surface area contributed by atoms with E-state index in [4.69, 9.17) is 4.98 Å². The fourth-order valence-corrected chi connectivity index (χ4v) is 4.06. The minimum atomic E-state index is 0.744. The van der Waals surface area contributed by atoms with Crippen LogP contribution in [-0.2, 0) is 6.42 Å². The highest BCUT2D eigenvalue weighted by atomic mass is 15.3. The molecule has 0 unspecified atom stereocenters. The van der Waals surface area contributed by atoms with Crippen molar-refractivity contribution in [2.45, 2.75) is 6.42 Å². The first kappa shape index (κ1) is 17.9. The van der Waals surface area contributed by atoms with Crippen LogP contribution >= 0.6 is 0 Å². The van der Waals surface area contributed by atoms with Gasteiger partial charge in [0.2, 0.25) is 5.95 Å². The van der Waals surface area contributed by atoms with E-state index >= 15 is 0 Å². The topological polar surface area (TPSA) is 47.5 Å². The molecule has 1 N–H and O–H groups in total. The van der Waals surface area contributed by atoms with Gasteiger partial charge in [-0.25, -0.2) is 4.98 Å². The van der Waals surface area contributed by atoms with E-state index in [2.05, 4.69) is 80.6 Å². The summed E-state index contributed by atoms with van der Waals surface area (Å²) < 4.78 is 0. The molecule has 0 radical (unpaired) electrons. The van der Waals surface area contributed by atoms with Crippen molar-refractivity contribution in [2.75, 3.05) is 54.9 Å². The van der Waals surface area contributed by atoms with Crippen molar-refractivity contribution < 1.29 is 0 Å². The second-order valence-electron chi connectivity index (χ2n) is 7.73. The number of nitrogens with zero attached hydrogens (tertiary/aromatic N) is 5. The monoisotopic (exact) mass is 386 g/mol. The number of hydrogen-bond donors (Lipinski definition) is 1. The van der Waals surface area contributed by atoms with Crippen LogP contribution in [0.1, 0.15) is 5.56 Å². The van der Waals surface area contributed by atoms with Crippen molar-refractivity contribution in [1.82, 2.24) is 14.9 Å². The Morgan fingerprint density at radius 3 is 2.48 bits per heavy atom. The fourth-order valence-electron chi connectivity index (χ4n) is 4.06. The van der Waals surface area contributed by atoms with E-state index < -0.39 is 0 Å². The molecule has 0 amide bonds. The number of nitrogens with one attached hydrogen (secondary N) is 1. The lowest BCUT2D eigenvalue weighted by Gasteiger charge is -2.34. The van der Waals surface area contributed by atoms with Gasteiger partial charge < -0.3 is 20.0 Å². The molecule has 0 atom stereocenters. The number of para-hydroxylation sites is 1. The van der Waals surface area contributed by atoms with Crippen molar-refractivity contribution in [3.05, 3.63) is 66.4 Å². The van der Waals surface area contributed by atoms with Crippen molar-refractivity contribution in [2.24, 2.45) is 0 Å². The predicted molar refractivity (Wildman–Crippen MR) is 119 cm³/mol. The zero-order valence-electron chi connectivity index (χ0n) is 16.8. The zero-order valence-corrected chi connectivity index (χ0v) is 16.8. The molecule has 2 aliphatic rings. The first-order valence-corrected chi connectivity index (χ1v) is 10.3. The Kier molecular flexibility index (Phi) is 4.77. The highest BCUT2D eigenvalue weighted by molar-refractivity contribution is 5.67. The SMILES string of the molecule is CN1CCN(c2ccc(Nc3ccnc(N4CCc5ccccc54)n3)cc2)CC1. The van der Waals surface area contributed by atoms with Crippen molar-refractivity contribution >= 4 is 28.8 Å². The van der Waals surface area contributed by atoms with Gasteiger partial charge >= 0.3 is 0 Å². The van der Waals surface area contributed by atoms with E-state index in [0.717, 1.165) is 56.6 Å². The smallest absolute Gasteiger partial charge is 0.231 e. The summed E-state index contributed by atoms with van der Waals surface area (Å²) in [4.78, 5) is 16.3. The summed E-state index contributed by atoms with van der Waals surface area (Å²) in [7, 11) is 2.18. The minimum Gasteiger partial charge on any atom is -0.369 e. The number of likely N-dealkylation sites (N-methyl/N-ethyl adjacent to an activating group) is 1. The molecule has 29 heavy (non-hydrogen) atoms. The van der Waals surface area contributed by atoms with Crippen molar-refractivity contribution in [1.29, 1.82) is 0 Å². The first-order valence-electron chi connectivity index (χ1n) is 10.3. The summed E-state index contributed by atoms with van der Waals surface area (Å²) in [6, 6.07) is 19.0. The summed E-state index contributed by atoms with van der Waals surface area (Å²) >= 11 is 0. The lowest BCUT2D eigenvalue weighted by molar-refractivity contribution is 0.313. The molecule has 1 saturated heterocycles. The Morgan fingerprint density at radius 1 is 0.862 bits per heavy atom. The standard InChI is InChI=1S/C23H26N6/c1-27-14-16-28(17-15-27)20-8-6-19(7-9-20)25-22-10-12-24-23(26-22)29-13-11-18-4-2-3-5-21(18)29/h2-10,12H,11,13-17H2,1H3,(H,24,25,26). The van der Waals surface area contributed by atoms with Crippen LogP contribution < -0.4 is 15.1 Å². The number of benzene rings is 2. The molecule has 0 bridgehead atoms. The van der Waals surface area contributed by atoms with Crippen LogP contribution in [0, 0.1) is 0 Å². The quantitative estimate of drug-likeness (QED) is 0.738. The van der Waals surface area contributed by atoms with E-state index in [1.807, 2.05) is 12.3 Å². The van der Waals surface area contributed by atoms with Gasteiger partial charge in [0.05, 0.1) is 0 Å². The molecule has 6 nitrogen and oxygen atoms in total. The number of hydrogen-bond acceptors (Lipinski definition) is 6. The summed E-state index contributed by atoms with van der Waals surface area (Å²) in [5, 5.41) is 3.42. The maximum Gasteiger partial charge on any atom is 0.231 e. The van der Waals surface area contributed by atoms with Crippen LogP contribution in [0.5, 0.6) is 0 Å². The van der Waals surface area contributed by atoms with Gasteiger partial charge in [0, 0.05) is 56.0 Å². The van der Waals surface area contributed by atoms with Gasteiger partial charge in [-0.1, -0.05) is 18.2 Å². The third-order valence-electron chi connectivity index (χ3n) is 5.78. The molecule has 3 heterocycles. The molecule has 0 saturated carbocycles. The van der Waals surface area contributed by atoms with Gasteiger partial charge in [0.25, 0.3) is 0 Å². The summed E-state index contributed by atoms with van der Waals surface area (Å²) in [5.41, 5.74) is 4.88. The van der Waals surface area contributed by atoms with Gasteiger partial charge in [-0.3, -0.25) is 0 Å². The molecule has 1 aromatic heterocycles. The largest absolute Gasteiger partial charge is 0.369 e. The molecule has 148 valence electrons. The van der Waals surface area contributed by atoms with Crippen LogP contribution in [0.25, 0.3) is 0 Å². The van der Waals surface area contributed by atoms with Crippen molar-refractivity contribution in [3.63, 3.8) is 0 Å². The third-order valence-corrected chi connectivity index (χ3v) is 5.78. The van der Waals surface area contributed by atoms with E-state index in [-0.39, 0.29) is 0 Å². The molecule has 3 aromatic rings. The van der Waals surface area contributed by atoms with E-state index in [0.29, 0.717) is 0 Å². The Labute approximate surface area is 171 Å². The Bertz CT molecular complexity index is 979. The van der Waals surface area contributed by atoms with Gasteiger partial charge in [0.15, 0.2) is 0 Å². The van der Waals surface area contributed by atoms with Crippen LogP contribution in [0.3, 0.4) is 0 Å². The summed E-state index contributed by atoms with van der Waals surface area (Å²) in [6.45, 7) is 5.31. The normalized spacial score (nSPS) is 16.7. The lowest BCUT2D eigenvalue weighted by atomic mass is 10.2. The summed E-state index contributed by atoms with van der Waals surface area (Å²) in [6.07, 6.45) is 2.86.